The molecule has 0 saturated carbocycles. The van der Waals surface area contributed by atoms with E-state index < -0.39 is 17.7 Å². The van der Waals surface area contributed by atoms with Crippen molar-refractivity contribution in [2.24, 2.45) is 12.8 Å². The van der Waals surface area contributed by atoms with Gasteiger partial charge < -0.3 is 5.73 Å². The Morgan fingerprint density at radius 3 is 2.32 bits per heavy atom. The van der Waals surface area contributed by atoms with E-state index in [4.69, 9.17) is 5.73 Å². The monoisotopic (exact) mass is 265 g/mol. The zero-order valence-electron chi connectivity index (χ0n) is 11.2. The normalized spacial score (nSPS) is 12.7. The van der Waals surface area contributed by atoms with Gasteiger partial charge in [-0.3, -0.25) is 4.68 Å². The Kier molecular flexibility index (Phi) is 3.66. The molecule has 2 aromatic rings. The second-order valence-electron chi connectivity index (χ2n) is 4.72. The van der Waals surface area contributed by atoms with E-state index in [0.29, 0.717) is 0 Å². The molecule has 3 nitrogen and oxygen atoms in total. The minimum Gasteiger partial charge on any atom is -0.324 e. The third-order valence-corrected chi connectivity index (χ3v) is 3.42. The molecule has 1 aromatic carbocycles. The molecule has 2 rings (SSSR count). The lowest BCUT2D eigenvalue weighted by atomic mass is 9.97. The van der Waals surface area contributed by atoms with Gasteiger partial charge in [-0.25, -0.2) is 8.78 Å². The Balaban J connectivity index is 2.33. The van der Waals surface area contributed by atoms with Gasteiger partial charge in [0.05, 0.1) is 5.69 Å². The van der Waals surface area contributed by atoms with Gasteiger partial charge in [0.25, 0.3) is 0 Å². The molecule has 0 spiro atoms. The lowest BCUT2D eigenvalue weighted by molar-refractivity contribution is 0.539. The standard InChI is InChI=1S/C14H17F2N3/c1-8-14(9(2)19(3)18-8)13(17)7-10-11(15)5-4-6-12(10)16/h4-6,13H,7,17H2,1-3H3. The van der Waals surface area contributed by atoms with Crippen molar-refractivity contribution < 1.29 is 8.78 Å². The van der Waals surface area contributed by atoms with Gasteiger partial charge in [0.1, 0.15) is 11.6 Å². The molecule has 2 N–H and O–H groups in total. The molecule has 0 aliphatic heterocycles. The van der Waals surface area contributed by atoms with E-state index in [1.165, 1.54) is 18.2 Å². The third-order valence-electron chi connectivity index (χ3n) is 3.42. The van der Waals surface area contributed by atoms with Crippen LogP contribution in [0, 0.1) is 25.5 Å². The van der Waals surface area contributed by atoms with Gasteiger partial charge >= 0.3 is 0 Å². The Labute approximate surface area is 111 Å². The summed E-state index contributed by atoms with van der Waals surface area (Å²) in [5.41, 5.74) is 8.68. The summed E-state index contributed by atoms with van der Waals surface area (Å²) < 4.78 is 29.0. The summed E-state index contributed by atoms with van der Waals surface area (Å²) in [6.45, 7) is 3.74. The summed E-state index contributed by atoms with van der Waals surface area (Å²) in [6.07, 6.45) is 0.117. The average Bonchev–Trinajstić information content (AvgIpc) is 2.58. The predicted octanol–water partition coefficient (Wildman–Crippen LogP) is 2.56. The van der Waals surface area contributed by atoms with Gasteiger partial charge in [-0.1, -0.05) is 6.07 Å². The number of nitrogens with two attached hydrogens (primary N) is 1. The van der Waals surface area contributed by atoms with Crippen molar-refractivity contribution in [2.75, 3.05) is 0 Å². The van der Waals surface area contributed by atoms with Gasteiger partial charge in [-0.2, -0.15) is 5.10 Å². The van der Waals surface area contributed by atoms with Gasteiger partial charge in [-0.05, 0) is 32.4 Å². The van der Waals surface area contributed by atoms with Gasteiger partial charge in [0, 0.05) is 29.9 Å². The molecule has 19 heavy (non-hydrogen) atoms. The molecule has 0 saturated heterocycles. The van der Waals surface area contributed by atoms with Crippen LogP contribution in [0.5, 0.6) is 0 Å². The molecule has 1 heterocycles. The first-order valence-electron chi connectivity index (χ1n) is 6.10. The molecular weight excluding hydrogens is 248 g/mol. The number of aromatic nitrogens is 2. The maximum atomic E-state index is 13.6. The predicted molar refractivity (Wildman–Crippen MR) is 69.7 cm³/mol. The summed E-state index contributed by atoms with van der Waals surface area (Å²) in [5, 5.41) is 4.27. The second-order valence-corrected chi connectivity index (χ2v) is 4.72. The van der Waals surface area contributed by atoms with E-state index in [1.807, 2.05) is 20.9 Å². The van der Waals surface area contributed by atoms with Crippen molar-refractivity contribution in [3.8, 4) is 0 Å². The highest BCUT2D eigenvalue weighted by molar-refractivity contribution is 5.31. The molecule has 5 heteroatoms. The first-order chi connectivity index (χ1) is 8.91. The van der Waals surface area contributed by atoms with Crippen LogP contribution in [-0.4, -0.2) is 9.78 Å². The lowest BCUT2D eigenvalue weighted by Gasteiger charge is -2.14. The minimum atomic E-state index is -0.561. The number of nitrogens with zero attached hydrogens (tertiary/aromatic N) is 2. The van der Waals surface area contributed by atoms with Gasteiger partial charge in [0.15, 0.2) is 0 Å². The summed E-state index contributed by atoms with van der Waals surface area (Å²) in [7, 11) is 1.82. The second kappa shape index (κ2) is 5.09. The van der Waals surface area contributed by atoms with Crippen molar-refractivity contribution >= 4 is 0 Å². The van der Waals surface area contributed by atoms with Crippen LogP contribution in [0.15, 0.2) is 18.2 Å². The fraction of sp³-hybridized carbons (Fsp3) is 0.357. The zero-order valence-corrected chi connectivity index (χ0v) is 11.2. The Bertz CT molecular complexity index is 585. The minimum absolute atomic E-state index is 0.0256. The van der Waals surface area contributed by atoms with Crippen LogP contribution >= 0.6 is 0 Å². The lowest BCUT2D eigenvalue weighted by Crippen LogP contribution is -2.17. The Hall–Kier alpha value is -1.75. The van der Waals surface area contributed by atoms with E-state index in [0.717, 1.165) is 17.0 Å². The third kappa shape index (κ3) is 2.51. The summed E-state index contributed by atoms with van der Waals surface area (Å²) in [4.78, 5) is 0. The first kappa shape index (κ1) is 13.7. The van der Waals surface area contributed by atoms with Crippen LogP contribution in [0.1, 0.15) is 28.6 Å². The maximum absolute atomic E-state index is 13.6. The van der Waals surface area contributed by atoms with Gasteiger partial charge in [0.2, 0.25) is 0 Å². The van der Waals surface area contributed by atoms with Crippen molar-refractivity contribution in [3.05, 3.63) is 52.3 Å². The summed E-state index contributed by atoms with van der Waals surface area (Å²) in [5.74, 6) is -1.12. The smallest absolute Gasteiger partial charge is 0.129 e. The number of rotatable bonds is 3. The molecule has 0 fully saturated rings. The molecule has 0 aliphatic carbocycles. The topological polar surface area (TPSA) is 43.8 Å². The Morgan fingerprint density at radius 1 is 1.26 bits per heavy atom. The molecule has 0 aliphatic rings. The molecule has 0 amide bonds. The fourth-order valence-electron chi connectivity index (χ4n) is 2.38. The van der Waals surface area contributed by atoms with Crippen LogP contribution < -0.4 is 5.73 Å². The van der Waals surface area contributed by atoms with E-state index in [9.17, 15) is 8.78 Å². The van der Waals surface area contributed by atoms with Crippen LogP contribution in [-0.2, 0) is 13.5 Å². The highest BCUT2D eigenvalue weighted by Crippen LogP contribution is 2.24. The molecule has 102 valence electrons. The quantitative estimate of drug-likeness (QED) is 0.927. The highest BCUT2D eigenvalue weighted by Gasteiger charge is 2.20. The molecule has 1 unspecified atom stereocenters. The van der Waals surface area contributed by atoms with E-state index in [1.54, 1.807) is 4.68 Å². The van der Waals surface area contributed by atoms with E-state index in [2.05, 4.69) is 5.10 Å². The van der Waals surface area contributed by atoms with Crippen LogP contribution in [0.4, 0.5) is 8.78 Å². The van der Waals surface area contributed by atoms with Crippen molar-refractivity contribution in [1.29, 1.82) is 0 Å². The molecular formula is C14H17F2N3. The molecule has 0 radical (unpaired) electrons. The van der Waals surface area contributed by atoms with Crippen molar-refractivity contribution in [3.63, 3.8) is 0 Å². The summed E-state index contributed by atoms with van der Waals surface area (Å²) in [6, 6.07) is 3.36. The van der Waals surface area contributed by atoms with Crippen molar-refractivity contribution in [2.45, 2.75) is 26.3 Å². The molecule has 1 aromatic heterocycles. The Morgan fingerprint density at radius 2 is 1.84 bits per heavy atom. The number of hydrogen-bond acceptors (Lipinski definition) is 2. The highest BCUT2D eigenvalue weighted by atomic mass is 19.1. The number of benzene rings is 1. The van der Waals surface area contributed by atoms with E-state index >= 15 is 0 Å². The number of aryl methyl sites for hydroxylation is 2. The van der Waals surface area contributed by atoms with Gasteiger partial charge in [-0.15, -0.1) is 0 Å². The zero-order chi connectivity index (χ0) is 14.2. The van der Waals surface area contributed by atoms with Crippen LogP contribution in [0.2, 0.25) is 0 Å². The van der Waals surface area contributed by atoms with Crippen molar-refractivity contribution in [1.82, 2.24) is 9.78 Å². The van der Waals surface area contributed by atoms with E-state index in [-0.39, 0.29) is 12.0 Å². The molecule has 0 bridgehead atoms. The number of hydrogen-bond donors (Lipinski definition) is 1. The maximum Gasteiger partial charge on any atom is 0.129 e. The van der Waals surface area contributed by atoms with Crippen LogP contribution in [0.3, 0.4) is 0 Å². The largest absolute Gasteiger partial charge is 0.324 e. The number of halogens is 2. The molecule has 1 atom stereocenters. The first-order valence-corrected chi connectivity index (χ1v) is 6.10. The van der Waals surface area contributed by atoms with Crippen LogP contribution in [0.25, 0.3) is 0 Å². The summed E-state index contributed by atoms with van der Waals surface area (Å²) >= 11 is 0. The average molecular weight is 265 g/mol. The SMILES string of the molecule is Cc1nn(C)c(C)c1C(N)Cc1c(F)cccc1F. The fourth-order valence-corrected chi connectivity index (χ4v) is 2.38.